The smallest absolute Gasteiger partial charge is 0.295 e. The van der Waals surface area contributed by atoms with Crippen molar-refractivity contribution < 1.29 is 24.2 Å². The van der Waals surface area contributed by atoms with Gasteiger partial charge in [0.1, 0.15) is 23.0 Å². The molecule has 36 heavy (non-hydrogen) atoms. The fourth-order valence-electron chi connectivity index (χ4n) is 4.29. The number of hydrogen-bond acceptors (Lipinski definition) is 6. The van der Waals surface area contributed by atoms with E-state index < -0.39 is 17.7 Å². The van der Waals surface area contributed by atoms with Crippen LogP contribution in [-0.4, -0.2) is 60.9 Å². The standard InChI is InChI=1S/C29H30N2O5/c1-30(2)17-8-18-31-26(21-9-7-12-24(19-21)36-23-10-5-4-6-11-23)25(28(33)29(31)34)27(32)20-13-15-22(35-3)16-14-20/h4-7,9-16,19,26,32H,8,17-18H2,1-3H3/t26-/m0/s1. The number of Topliss-reactive ketones (excluding diaryl/α,β-unsaturated/α-hetero) is 1. The lowest BCUT2D eigenvalue weighted by Gasteiger charge is -2.26. The van der Waals surface area contributed by atoms with Crippen molar-refractivity contribution in [3.05, 3.63) is 95.6 Å². The molecule has 0 unspecified atom stereocenters. The molecule has 0 radical (unpaired) electrons. The Labute approximate surface area is 211 Å². The molecule has 7 heteroatoms. The van der Waals surface area contributed by atoms with E-state index in [1.165, 1.54) is 0 Å². The van der Waals surface area contributed by atoms with Crippen LogP contribution in [0.3, 0.4) is 0 Å². The first-order chi connectivity index (χ1) is 17.4. The van der Waals surface area contributed by atoms with E-state index in [4.69, 9.17) is 9.47 Å². The van der Waals surface area contributed by atoms with Crippen LogP contribution < -0.4 is 9.47 Å². The summed E-state index contributed by atoms with van der Waals surface area (Å²) in [5.41, 5.74) is 1.18. The van der Waals surface area contributed by atoms with Crippen LogP contribution in [0.15, 0.2) is 84.4 Å². The fraction of sp³-hybridized carbons (Fsp3) is 0.241. The van der Waals surface area contributed by atoms with Crippen LogP contribution >= 0.6 is 0 Å². The first-order valence-electron chi connectivity index (χ1n) is 11.8. The number of rotatable bonds is 9. The predicted octanol–water partition coefficient (Wildman–Crippen LogP) is 4.86. The summed E-state index contributed by atoms with van der Waals surface area (Å²) >= 11 is 0. The molecule has 0 spiro atoms. The average Bonchev–Trinajstić information content (AvgIpc) is 3.14. The highest BCUT2D eigenvalue weighted by Gasteiger charge is 2.45. The second-order valence-corrected chi connectivity index (χ2v) is 8.87. The summed E-state index contributed by atoms with van der Waals surface area (Å²) in [6.45, 7) is 1.13. The Morgan fingerprint density at radius 2 is 1.61 bits per heavy atom. The molecule has 0 aromatic heterocycles. The van der Waals surface area contributed by atoms with Crippen molar-refractivity contribution in [3.63, 3.8) is 0 Å². The zero-order valence-corrected chi connectivity index (χ0v) is 20.7. The van der Waals surface area contributed by atoms with Gasteiger partial charge in [-0.3, -0.25) is 9.59 Å². The minimum atomic E-state index is -0.742. The van der Waals surface area contributed by atoms with Crippen molar-refractivity contribution in [2.24, 2.45) is 0 Å². The third-order valence-corrected chi connectivity index (χ3v) is 6.06. The first-order valence-corrected chi connectivity index (χ1v) is 11.8. The highest BCUT2D eigenvalue weighted by atomic mass is 16.5. The van der Waals surface area contributed by atoms with Crippen molar-refractivity contribution in [1.82, 2.24) is 9.80 Å². The summed E-state index contributed by atoms with van der Waals surface area (Å²) in [6, 6.07) is 22.7. The molecule has 186 valence electrons. The van der Waals surface area contributed by atoms with E-state index in [0.717, 1.165) is 6.54 Å². The Bertz CT molecular complexity index is 1250. The van der Waals surface area contributed by atoms with E-state index in [1.807, 2.05) is 73.6 Å². The van der Waals surface area contributed by atoms with Crippen LogP contribution in [0.1, 0.15) is 23.6 Å². The molecule has 1 amide bonds. The maximum atomic E-state index is 13.2. The van der Waals surface area contributed by atoms with Crippen LogP contribution in [0.25, 0.3) is 5.76 Å². The number of hydrogen-bond donors (Lipinski definition) is 1. The average molecular weight is 487 g/mol. The molecule has 4 rings (SSSR count). The molecule has 1 saturated heterocycles. The van der Waals surface area contributed by atoms with Crippen molar-refractivity contribution in [2.45, 2.75) is 12.5 Å². The van der Waals surface area contributed by atoms with Gasteiger partial charge < -0.3 is 24.4 Å². The number of amides is 1. The Balaban J connectivity index is 1.76. The van der Waals surface area contributed by atoms with Crippen molar-refractivity contribution >= 4 is 17.4 Å². The zero-order chi connectivity index (χ0) is 25.7. The highest BCUT2D eigenvalue weighted by Crippen LogP contribution is 2.40. The Morgan fingerprint density at radius 3 is 2.28 bits per heavy atom. The van der Waals surface area contributed by atoms with Gasteiger partial charge in [0.25, 0.3) is 11.7 Å². The number of carbonyl (C=O) groups is 2. The topological polar surface area (TPSA) is 79.3 Å². The molecule has 1 heterocycles. The molecule has 1 aliphatic rings. The summed E-state index contributed by atoms with van der Waals surface area (Å²) in [5.74, 6) is 0.328. The van der Waals surface area contributed by atoms with Crippen LogP contribution in [0.2, 0.25) is 0 Å². The van der Waals surface area contributed by atoms with Gasteiger partial charge in [-0.25, -0.2) is 0 Å². The number of aliphatic hydroxyl groups excluding tert-OH is 1. The van der Waals surface area contributed by atoms with E-state index in [2.05, 4.69) is 0 Å². The lowest BCUT2D eigenvalue weighted by Crippen LogP contribution is -2.32. The van der Waals surface area contributed by atoms with E-state index in [-0.39, 0.29) is 11.3 Å². The van der Waals surface area contributed by atoms with Gasteiger partial charge in [-0.1, -0.05) is 30.3 Å². The summed E-state index contributed by atoms with van der Waals surface area (Å²) < 4.78 is 11.2. The number of para-hydroxylation sites is 1. The molecule has 3 aromatic carbocycles. The molecule has 0 saturated carbocycles. The van der Waals surface area contributed by atoms with Crippen LogP contribution in [0.5, 0.6) is 17.2 Å². The van der Waals surface area contributed by atoms with Gasteiger partial charge in [0.05, 0.1) is 18.7 Å². The lowest BCUT2D eigenvalue weighted by atomic mass is 9.95. The third kappa shape index (κ3) is 5.42. The zero-order valence-electron chi connectivity index (χ0n) is 20.7. The minimum Gasteiger partial charge on any atom is -0.507 e. The van der Waals surface area contributed by atoms with Crippen molar-refractivity contribution in [1.29, 1.82) is 0 Å². The molecule has 1 fully saturated rings. The van der Waals surface area contributed by atoms with E-state index >= 15 is 0 Å². The molecule has 0 aliphatic carbocycles. The fourth-order valence-corrected chi connectivity index (χ4v) is 4.29. The Hall–Kier alpha value is -4.10. The molecule has 1 atom stereocenters. The van der Waals surface area contributed by atoms with Gasteiger partial charge in [-0.15, -0.1) is 0 Å². The number of carbonyl (C=O) groups excluding carboxylic acids is 2. The normalized spacial score (nSPS) is 17.0. The molecule has 0 bridgehead atoms. The molecular formula is C29H30N2O5. The Kier molecular flexibility index (Phi) is 7.71. The van der Waals surface area contributed by atoms with E-state index in [1.54, 1.807) is 36.3 Å². The molecule has 7 nitrogen and oxygen atoms in total. The lowest BCUT2D eigenvalue weighted by molar-refractivity contribution is -0.139. The van der Waals surface area contributed by atoms with Gasteiger partial charge in [0, 0.05) is 12.1 Å². The number of benzene rings is 3. The summed E-state index contributed by atoms with van der Waals surface area (Å²) in [6.07, 6.45) is 0.680. The number of aliphatic hydroxyl groups is 1. The first kappa shape index (κ1) is 25.0. The quantitative estimate of drug-likeness (QED) is 0.264. The SMILES string of the molecule is COc1ccc(C(O)=C2C(=O)C(=O)N(CCCN(C)C)[C@H]2c2cccc(Oc3ccccc3)c2)cc1. The van der Waals surface area contributed by atoms with Gasteiger partial charge in [0.2, 0.25) is 0 Å². The molecule has 3 aromatic rings. The van der Waals surface area contributed by atoms with Gasteiger partial charge in [0.15, 0.2) is 0 Å². The summed E-state index contributed by atoms with van der Waals surface area (Å²) in [5, 5.41) is 11.2. The van der Waals surface area contributed by atoms with Gasteiger partial charge >= 0.3 is 0 Å². The predicted molar refractivity (Wildman–Crippen MR) is 138 cm³/mol. The number of methoxy groups -OCH3 is 1. The van der Waals surface area contributed by atoms with Crippen molar-refractivity contribution in [2.75, 3.05) is 34.3 Å². The van der Waals surface area contributed by atoms with Gasteiger partial charge in [-0.05, 0) is 81.2 Å². The Morgan fingerprint density at radius 1 is 0.917 bits per heavy atom. The number of likely N-dealkylation sites (tertiary alicyclic amines) is 1. The highest BCUT2D eigenvalue weighted by molar-refractivity contribution is 6.46. The van der Waals surface area contributed by atoms with E-state index in [0.29, 0.717) is 41.3 Å². The number of ether oxygens (including phenoxy) is 2. The second-order valence-electron chi connectivity index (χ2n) is 8.87. The maximum absolute atomic E-state index is 13.2. The number of ketones is 1. The second kappa shape index (κ2) is 11.1. The van der Waals surface area contributed by atoms with Gasteiger partial charge in [-0.2, -0.15) is 0 Å². The summed E-state index contributed by atoms with van der Waals surface area (Å²) in [4.78, 5) is 30.0. The molecule has 1 aliphatic heterocycles. The monoisotopic (exact) mass is 486 g/mol. The third-order valence-electron chi connectivity index (χ3n) is 6.06. The number of nitrogens with zero attached hydrogens (tertiary/aromatic N) is 2. The van der Waals surface area contributed by atoms with Crippen LogP contribution in [-0.2, 0) is 9.59 Å². The van der Waals surface area contributed by atoms with E-state index in [9.17, 15) is 14.7 Å². The minimum absolute atomic E-state index is 0.0619. The van der Waals surface area contributed by atoms with Crippen LogP contribution in [0.4, 0.5) is 0 Å². The van der Waals surface area contributed by atoms with Crippen LogP contribution in [0, 0.1) is 0 Å². The molecule has 1 N–H and O–H groups in total. The molecular weight excluding hydrogens is 456 g/mol. The summed E-state index contributed by atoms with van der Waals surface area (Å²) in [7, 11) is 5.47. The largest absolute Gasteiger partial charge is 0.507 e. The van der Waals surface area contributed by atoms with Crippen molar-refractivity contribution in [3.8, 4) is 17.2 Å². The maximum Gasteiger partial charge on any atom is 0.295 e.